The zero-order chi connectivity index (χ0) is 13.6. The van der Waals surface area contributed by atoms with Crippen LogP contribution in [0.5, 0.6) is 0 Å². The zero-order valence-corrected chi connectivity index (χ0v) is 10.6. The van der Waals surface area contributed by atoms with Crippen LogP contribution >= 0.6 is 0 Å². The molecule has 0 bridgehead atoms. The summed E-state index contributed by atoms with van der Waals surface area (Å²) in [6.45, 7) is 5.25. The van der Waals surface area contributed by atoms with E-state index in [9.17, 15) is 4.79 Å². The van der Waals surface area contributed by atoms with Crippen molar-refractivity contribution in [2.24, 2.45) is 5.11 Å². The van der Waals surface area contributed by atoms with Gasteiger partial charge in [-0.2, -0.15) is 0 Å². The monoisotopic (exact) mass is 245 g/mol. The number of carbonyl (C=O) groups is 1. The summed E-state index contributed by atoms with van der Waals surface area (Å²) in [4.78, 5) is 14.4. The SMILES string of the molecule is CC(C)(C)OC(=O)/C(=C/c1ccccc1)N=[N+]=[N-]. The van der Waals surface area contributed by atoms with Gasteiger partial charge in [-0.15, -0.1) is 0 Å². The molecule has 0 saturated carbocycles. The van der Waals surface area contributed by atoms with E-state index in [-0.39, 0.29) is 5.70 Å². The highest BCUT2D eigenvalue weighted by Crippen LogP contribution is 2.14. The first kappa shape index (κ1) is 13.8. The number of hydrogen-bond donors (Lipinski definition) is 0. The lowest BCUT2D eigenvalue weighted by Gasteiger charge is -2.19. The zero-order valence-electron chi connectivity index (χ0n) is 10.6. The lowest BCUT2D eigenvalue weighted by molar-refractivity contribution is -0.149. The molecule has 0 radical (unpaired) electrons. The molecule has 0 N–H and O–H groups in total. The molecule has 18 heavy (non-hydrogen) atoms. The highest BCUT2D eigenvalue weighted by Gasteiger charge is 2.19. The normalized spacial score (nSPS) is 11.6. The van der Waals surface area contributed by atoms with Gasteiger partial charge in [0.25, 0.3) is 0 Å². The summed E-state index contributed by atoms with van der Waals surface area (Å²) in [6.07, 6.45) is 1.49. The molecule has 0 aromatic heterocycles. The van der Waals surface area contributed by atoms with Gasteiger partial charge in [0, 0.05) is 4.91 Å². The number of ether oxygens (including phenoxy) is 1. The first-order valence-electron chi connectivity index (χ1n) is 5.47. The van der Waals surface area contributed by atoms with Gasteiger partial charge >= 0.3 is 5.97 Å². The smallest absolute Gasteiger partial charge is 0.341 e. The minimum absolute atomic E-state index is 0.0568. The molecule has 1 aromatic rings. The van der Waals surface area contributed by atoms with E-state index in [2.05, 4.69) is 10.0 Å². The second-order valence-corrected chi connectivity index (χ2v) is 4.63. The van der Waals surface area contributed by atoms with Gasteiger partial charge < -0.3 is 4.74 Å². The number of rotatable bonds is 3. The highest BCUT2D eigenvalue weighted by atomic mass is 16.6. The number of benzene rings is 1. The lowest BCUT2D eigenvalue weighted by Crippen LogP contribution is -2.24. The predicted molar refractivity (Wildman–Crippen MR) is 69.4 cm³/mol. The van der Waals surface area contributed by atoms with Crippen LogP contribution in [0.1, 0.15) is 26.3 Å². The van der Waals surface area contributed by atoms with Gasteiger partial charge in [-0.25, -0.2) is 4.79 Å². The largest absolute Gasteiger partial charge is 0.456 e. The summed E-state index contributed by atoms with van der Waals surface area (Å²) < 4.78 is 5.15. The molecule has 0 aliphatic rings. The number of azide groups is 1. The van der Waals surface area contributed by atoms with E-state index in [1.54, 1.807) is 32.9 Å². The average molecular weight is 245 g/mol. The van der Waals surface area contributed by atoms with Crippen LogP contribution in [0, 0.1) is 0 Å². The molecule has 0 atom stereocenters. The lowest BCUT2D eigenvalue weighted by atomic mass is 10.2. The van der Waals surface area contributed by atoms with Gasteiger partial charge in [0.2, 0.25) is 0 Å². The first-order chi connectivity index (χ1) is 8.42. The summed E-state index contributed by atoms with van der Waals surface area (Å²) in [5, 5.41) is 3.37. The maximum atomic E-state index is 11.8. The number of esters is 1. The molecule has 0 fully saturated rings. The Balaban J connectivity index is 3.00. The van der Waals surface area contributed by atoms with Crippen LogP contribution < -0.4 is 0 Å². The van der Waals surface area contributed by atoms with Crippen molar-refractivity contribution in [3.05, 3.63) is 52.0 Å². The van der Waals surface area contributed by atoms with E-state index in [0.717, 1.165) is 5.56 Å². The fourth-order valence-electron chi connectivity index (χ4n) is 1.21. The second-order valence-electron chi connectivity index (χ2n) is 4.63. The van der Waals surface area contributed by atoms with Crippen molar-refractivity contribution >= 4 is 12.0 Å². The van der Waals surface area contributed by atoms with Crippen molar-refractivity contribution in [1.29, 1.82) is 0 Å². The van der Waals surface area contributed by atoms with Crippen molar-refractivity contribution in [1.82, 2.24) is 0 Å². The van der Waals surface area contributed by atoms with E-state index in [0.29, 0.717) is 0 Å². The van der Waals surface area contributed by atoms with Crippen LogP contribution in [0.2, 0.25) is 0 Å². The third kappa shape index (κ3) is 4.72. The first-order valence-corrected chi connectivity index (χ1v) is 5.47. The standard InChI is InChI=1S/C13H15N3O2/c1-13(2,3)18-12(17)11(15-16-14)9-10-7-5-4-6-8-10/h4-9H,1-3H3/b11-9-. The van der Waals surface area contributed by atoms with Gasteiger partial charge in [-0.3, -0.25) is 0 Å². The molecule has 5 nitrogen and oxygen atoms in total. The quantitative estimate of drug-likeness (QED) is 0.268. The number of hydrogen-bond acceptors (Lipinski definition) is 3. The molecule has 0 unspecified atom stereocenters. The molecule has 0 aliphatic carbocycles. The molecular formula is C13H15N3O2. The Morgan fingerprint density at radius 2 is 1.94 bits per heavy atom. The Kier molecular flexibility index (Phi) is 4.52. The van der Waals surface area contributed by atoms with Crippen LogP contribution in [-0.4, -0.2) is 11.6 Å². The van der Waals surface area contributed by atoms with Crippen molar-refractivity contribution in [3.8, 4) is 0 Å². The van der Waals surface area contributed by atoms with Gasteiger partial charge in [-0.05, 0) is 37.9 Å². The predicted octanol–water partition coefficient (Wildman–Crippen LogP) is 3.68. The molecule has 0 heterocycles. The highest BCUT2D eigenvalue weighted by molar-refractivity contribution is 5.93. The topological polar surface area (TPSA) is 75.1 Å². The average Bonchev–Trinajstić information content (AvgIpc) is 2.27. The summed E-state index contributed by atoms with van der Waals surface area (Å²) in [5.41, 5.74) is 8.56. The maximum Gasteiger partial charge on any atom is 0.341 e. The third-order valence-corrected chi connectivity index (χ3v) is 1.86. The van der Waals surface area contributed by atoms with Gasteiger partial charge in [0.15, 0.2) is 0 Å². The van der Waals surface area contributed by atoms with Crippen molar-refractivity contribution in [2.45, 2.75) is 26.4 Å². The molecule has 1 aromatic carbocycles. The minimum Gasteiger partial charge on any atom is -0.456 e. The minimum atomic E-state index is -0.635. The molecule has 0 spiro atoms. The molecule has 5 heteroatoms. The fraction of sp³-hybridized carbons (Fsp3) is 0.308. The van der Waals surface area contributed by atoms with Crippen LogP contribution in [0.15, 0.2) is 41.1 Å². The Morgan fingerprint density at radius 1 is 1.33 bits per heavy atom. The molecule has 0 amide bonds. The Bertz CT molecular complexity index is 495. The van der Waals surface area contributed by atoms with E-state index < -0.39 is 11.6 Å². The van der Waals surface area contributed by atoms with E-state index in [4.69, 9.17) is 10.3 Å². The molecule has 0 aliphatic heterocycles. The van der Waals surface area contributed by atoms with Crippen molar-refractivity contribution in [3.63, 3.8) is 0 Å². The van der Waals surface area contributed by atoms with Crippen LogP contribution in [0.4, 0.5) is 0 Å². The number of nitrogens with zero attached hydrogens (tertiary/aromatic N) is 3. The molecule has 1 rings (SSSR count). The second kappa shape index (κ2) is 5.89. The van der Waals surface area contributed by atoms with Gasteiger partial charge in [-0.1, -0.05) is 35.4 Å². The summed E-state index contributed by atoms with van der Waals surface area (Å²) in [5.74, 6) is -0.635. The van der Waals surface area contributed by atoms with Crippen molar-refractivity contribution in [2.75, 3.05) is 0 Å². The maximum absolute atomic E-state index is 11.8. The Hall–Kier alpha value is -2.26. The summed E-state index contributed by atoms with van der Waals surface area (Å²) >= 11 is 0. The Morgan fingerprint density at radius 3 is 2.44 bits per heavy atom. The third-order valence-electron chi connectivity index (χ3n) is 1.86. The van der Waals surface area contributed by atoms with Crippen molar-refractivity contribution < 1.29 is 9.53 Å². The van der Waals surface area contributed by atoms with Gasteiger partial charge in [0.1, 0.15) is 11.3 Å². The summed E-state index contributed by atoms with van der Waals surface area (Å²) in [6, 6.07) is 9.12. The number of carbonyl (C=O) groups excluding carboxylic acids is 1. The summed E-state index contributed by atoms with van der Waals surface area (Å²) in [7, 11) is 0. The molecular weight excluding hydrogens is 230 g/mol. The van der Waals surface area contributed by atoms with Crippen LogP contribution in [-0.2, 0) is 9.53 Å². The van der Waals surface area contributed by atoms with Crippen LogP contribution in [0.3, 0.4) is 0 Å². The van der Waals surface area contributed by atoms with Crippen LogP contribution in [0.25, 0.3) is 16.5 Å². The molecule has 0 saturated heterocycles. The fourth-order valence-corrected chi connectivity index (χ4v) is 1.21. The molecule has 94 valence electrons. The van der Waals surface area contributed by atoms with E-state index in [1.165, 1.54) is 6.08 Å². The van der Waals surface area contributed by atoms with E-state index in [1.807, 2.05) is 18.2 Å². The Labute approximate surface area is 106 Å². The van der Waals surface area contributed by atoms with Gasteiger partial charge in [0.05, 0.1) is 0 Å². The van der Waals surface area contributed by atoms with E-state index >= 15 is 0 Å².